The summed E-state index contributed by atoms with van der Waals surface area (Å²) in [5.74, 6) is -0.0495. The van der Waals surface area contributed by atoms with Gasteiger partial charge >= 0.3 is 0 Å². The van der Waals surface area contributed by atoms with Crippen molar-refractivity contribution in [3.8, 4) is 0 Å². The Labute approximate surface area is 113 Å². The van der Waals surface area contributed by atoms with Gasteiger partial charge in [0, 0.05) is 22.7 Å². The number of carbonyl (C=O) groups excluding carboxylic acids is 1. The van der Waals surface area contributed by atoms with Crippen LogP contribution in [0.4, 0.5) is 0 Å². The third-order valence-corrected chi connectivity index (χ3v) is 3.80. The Hall–Kier alpha value is -1.06. The smallest absolute Gasteiger partial charge is 0.251 e. The van der Waals surface area contributed by atoms with Crippen molar-refractivity contribution in [3.63, 3.8) is 0 Å². The first-order valence-corrected chi connectivity index (χ1v) is 6.78. The molecular formula is C14H19ClN2O. The average Bonchev–Trinajstić information content (AvgIpc) is 2.32. The summed E-state index contributed by atoms with van der Waals surface area (Å²) in [5.41, 5.74) is 7.60. The van der Waals surface area contributed by atoms with Gasteiger partial charge in [0.05, 0.1) is 0 Å². The highest BCUT2D eigenvalue weighted by molar-refractivity contribution is 6.30. The zero-order chi connectivity index (χ0) is 13.1. The quantitative estimate of drug-likeness (QED) is 0.865. The van der Waals surface area contributed by atoms with Gasteiger partial charge in [-0.3, -0.25) is 4.79 Å². The summed E-state index contributed by atoms with van der Waals surface area (Å²) in [6.45, 7) is 1.89. The van der Waals surface area contributed by atoms with E-state index in [-0.39, 0.29) is 18.0 Å². The summed E-state index contributed by atoms with van der Waals surface area (Å²) in [5, 5.41) is 3.69. The number of hydrogen-bond donors (Lipinski definition) is 2. The molecule has 0 aromatic heterocycles. The molecule has 0 heterocycles. The molecule has 2 atom stereocenters. The Morgan fingerprint density at radius 2 is 2.11 bits per heavy atom. The Morgan fingerprint density at radius 3 is 2.78 bits per heavy atom. The summed E-state index contributed by atoms with van der Waals surface area (Å²) in [7, 11) is 0. The Morgan fingerprint density at radius 1 is 1.39 bits per heavy atom. The van der Waals surface area contributed by atoms with E-state index in [2.05, 4.69) is 5.32 Å². The van der Waals surface area contributed by atoms with Gasteiger partial charge in [-0.05, 0) is 43.5 Å². The Kier molecular flexibility index (Phi) is 4.25. The fourth-order valence-corrected chi connectivity index (χ4v) is 2.69. The first-order valence-electron chi connectivity index (χ1n) is 6.40. The molecule has 2 unspecified atom stereocenters. The molecule has 1 amide bonds. The zero-order valence-electron chi connectivity index (χ0n) is 10.6. The summed E-state index contributed by atoms with van der Waals surface area (Å²) in [6.07, 6.45) is 4.26. The maximum Gasteiger partial charge on any atom is 0.251 e. The van der Waals surface area contributed by atoms with E-state index in [1.165, 1.54) is 0 Å². The van der Waals surface area contributed by atoms with Gasteiger partial charge in [0.1, 0.15) is 0 Å². The predicted molar refractivity (Wildman–Crippen MR) is 73.9 cm³/mol. The lowest BCUT2D eigenvalue weighted by molar-refractivity contribution is 0.0920. The van der Waals surface area contributed by atoms with Gasteiger partial charge in [0.25, 0.3) is 5.91 Å². The molecule has 0 bridgehead atoms. The van der Waals surface area contributed by atoms with E-state index in [4.69, 9.17) is 17.3 Å². The monoisotopic (exact) mass is 266 g/mol. The lowest BCUT2D eigenvalue weighted by Crippen LogP contribution is -2.49. The van der Waals surface area contributed by atoms with Crippen molar-refractivity contribution >= 4 is 17.5 Å². The van der Waals surface area contributed by atoms with Gasteiger partial charge in [-0.25, -0.2) is 0 Å². The van der Waals surface area contributed by atoms with E-state index in [1.807, 2.05) is 6.92 Å². The first kappa shape index (κ1) is 13.4. The zero-order valence-corrected chi connectivity index (χ0v) is 11.3. The van der Waals surface area contributed by atoms with Crippen LogP contribution in [-0.4, -0.2) is 18.0 Å². The third-order valence-electron chi connectivity index (χ3n) is 3.57. The van der Waals surface area contributed by atoms with Crippen LogP contribution in [0.5, 0.6) is 0 Å². The molecule has 98 valence electrons. The normalized spacial score (nSPS) is 23.7. The molecule has 0 aliphatic heterocycles. The largest absolute Gasteiger partial charge is 0.348 e. The van der Waals surface area contributed by atoms with Crippen LogP contribution < -0.4 is 11.1 Å². The van der Waals surface area contributed by atoms with Crippen molar-refractivity contribution in [2.45, 2.75) is 44.7 Å². The Bertz CT molecular complexity index is 447. The minimum absolute atomic E-state index is 0.0495. The average molecular weight is 267 g/mol. The van der Waals surface area contributed by atoms with Crippen LogP contribution in [0.25, 0.3) is 0 Å². The van der Waals surface area contributed by atoms with E-state index in [1.54, 1.807) is 18.2 Å². The molecule has 0 spiro atoms. The predicted octanol–water partition coefficient (Wildman–Crippen LogP) is 2.65. The van der Waals surface area contributed by atoms with Crippen LogP contribution in [0.3, 0.4) is 0 Å². The molecule has 3 nitrogen and oxygen atoms in total. The number of hydrogen-bond acceptors (Lipinski definition) is 2. The molecule has 2 rings (SSSR count). The third kappa shape index (κ3) is 3.03. The molecule has 1 aromatic rings. The minimum atomic E-state index is -0.0495. The van der Waals surface area contributed by atoms with Crippen LogP contribution in [-0.2, 0) is 0 Å². The minimum Gasteiger partial charge on any atom is -0.348 e. The van der Waals surface area contributed by atoms with E-state index in [0.29, 0.717) is 10.6 Å². The molecule has 3 N–H and O–H groups in total. The van der Waals surface area contributed by atoms with E-state index in [0.717, 1.165) is 31.2 Å². The van der Waals surface area contributed by atoms with Crippen LogP contribution in [0.1, 0.15) is 41.6 Å². The van der Waals surface area contributed by atoms with Crippen molar-refractivity contribution in [2.24, 2.45) is 5.73 Å². The van der Waals surface area contributed by atoms with Crippen LogP contribution in [0.15, 0.2) is 18.2 Å². The molecule has 4 heteroatoms. The van der Waals surface area contributed by atoms with E-state index in [9.17, 15) is 4.79 Å². The van der Waals surface area contributed by atoms with Crippen molar-refractivity contribution in [1.29, 1.82) is 0 Å². The second kappa shape index (κ2) is 5.72. The highest BCUT2D eigenvalue weighted by Gasteiger charge is 2.24. The molecule has 1 aromatic carbocycles. The number of nitrogens with one attached hydrogen (secondary N) is 1. The second-order valence-electron chi connectivity index (χ2n) is 4.99. The molecule has 18 heavy (non-hydrogen) atoms. The Balaban J connectivity index is 2.07. The first-order chi connectivity index (χ1) is 8.58. The van der Waals surface area contributed by atoms with Gasteiger partial charge in [0.2, 0.25) is 0 Å². The molecule has 1 aliphatic rings. The van der Waals surface area contributed by atoms with Crippen molar-refractivity contribution < 1.29 is 4.79 Å². The summed E-state index contributed by atoms with van der Waals surface area (Å²) in [6, 6.07) is 5.49. The highest BCUT2D eigenvalue weighted by Crippen LogP contribution is 2.19. The van der Waals surface area contributed by atoms with Gasteiger partial charge in [0.15, 0.2) is 0 Å². The molecule has 0 saturated heterocycles. The number of nitrogens with two attached hydrogens (primary N) is 1. The summed E-state index contributed by atoms with van der Waals surface area (Å²) >= 11 is 5.88. The lowest BCUT2D eigenvalue weighted by atomic mass is 9.90. The maximum absolute atomic E-state index is 12.2. The van der Waals surface area contributed by atoms with E-state index >= 15 is 0 Å². The molecule has 1 fully saturated rings. The van der Waals surface area contributed by atoms with Crippen molar-refractivity contribution in [2.75, 3.05) is 0 Å². The number of halogens is 1. The molecule has 1 aliphatic carbocycles. The van der Waals surface area contributed by atoms with E-state index < -0.39 is 0 Å². The number of amides is 1. The van der Waals surface area contributed by atoms with Crippen LogP contribution in [0, 0.1) is 6.92 Å². The SMILES string of the molecule is Cc1cc(Cl)ccc1C(=O)NC1CCCCC1N. The second-order valence-corrected chi connectivity index (χ2v) is 5.42. The van der Waals surface area contributed by atoms with Crippen molar-refractivity contribution in [1.82, 2.24) is 5.32 Å². The summed E-state index contributed by atoms with van der Waals surface area (Å²) in [4.78, 5) is 12.2. The fourth-order valence-electron chi connectivity index (χ4n) is 2.47. The topological polar surface area (TPSA) is 55.1 Å². The number of benzene rings is 1. The van der Waals surface area contributed by atoms with Gasteiger partial charge in [-0.15, -0.1) is 0 Å². The highest BCUT2D eigenvalue weighted by atomic mass is 35.5. The lowest BCUT2D eigenvalue weighted by Gasteiger charge is -2.29. The number of aryl methyl sites for hydroxylation is 1. The number of carbonyl (C=O) groups is 1. The molecule has 1 saturated carbocycles. The standard InChI is InChI=1S/C14H19ClN2O/c1-9-8-10(15)6-7-11(9)14(18)17-13-5-3-2-4-12(13)16/h6-8,12-13H,2-5,16H2,1H3,(H,17,18). The van der Waals surface area contributed by atoms with Gasteiger partial charge < -0.3 is 11.1 Å². The number of rotatable bonds is 2. The van der Waals surface area contributed by atoms with Gasteiger partial charge in [-0.2, -0.15) is 0 Å². The molecule has 0 radical (unpaired) electrons. The maximum atomic E-state index is 12.2. The van der Waals surface area contributed by atoms with Crippen LogP contribution >= 0.6 is 11.6 Å². The van der Waals surface area contributed by atoms with Crippen molar-refractivity contribution in [3.05, 3.63) is 34.3 Å². The molecular weight excluding hydrogens is 248 g/mol. The van der Waals surface area contributed by atoms with Crippen LogP contribution in [0.2, 0.25) is 5.02 Å². The summed E-state index contributed by atoms with van der Waals surface area (Å²) < 4.78 is 0. The van der Waals surface area contributed by atoms with Gasteiger partial charge in [-0.1, -0.05) is 24.4 Å². The fraction of sp³-hybridized carbons (Fsp3) is 0.500.